The summed E-state index contributed by atoms with van der Waals surface area (Å²) in [6.45, 7) is 2.28. The third kappa shape index (κ3) is 4.63. The number of nitrogens with zero attached hydrogens (tertiary/aromatic N) is 8. The number of rotatable bonds is 6. The highest BCUT2D eigenvalue weighted by Crippen LogP contribution is 2.46. The van der Waals surface area contributed by atoms with Gasteiger partial charge >= 0.3 is 0 Å². The predicted molar refractivity (Wildman–Crippen MR) is 179 cm³/mol. The molecule has 1 spiro atoms. The number of anilines is 2. The summed E-state index contributed by atoms with van der Waals surface area (Å²) in [5, 5.41) is 8.46. The Morgan fingerprint density at radius 2 is 1.72 bits per heavy atom. The van der Waals surface area contributed by atoms with E-state index in [2.05, 4.69) is 60.2 Å². The van der Waals surface area contributed by atoms with Crippen LogP contribution in [0.1, 0.15) is 49.3 Å². The van der Waals surface area contributed by atoms with Gasteiger partial charge in [-0.3, -0.25) is 4.57 Å². The summed E-state index contributed by atoms with van der Waals surface area (Å²) in [6, 6.07) is 23.7. The Hall–Kier alpha value is -5.09. The lowest BCUT2D eigenvalue weighted by molar-refractivity contribution is 0.116. The highest BCUT2D eigenvalue weighted by molar-refractivity contribution is 5.83. The largest absolute Gasteiger partial charge is 0.383 e. The van der Waals surface area contributed by atoms with Crippen LogP contribution in [0.4, 0.5) is 11.6 Å². The Kier molecular flexibility index (Phi) is 6.38. The molecule has 2 aliphatic carbocycles. The van der Waals surface area contributed by atoms with Crippen LogP contribution in [0.2, 0.25) is 0 Å². The van der Waals surface area contributed by atoms with E-state index in [0.29, 0.717) is 23.3 Å². The van der Waals surface area contributed by atoms with Crippen molar-refractivity contribution < 1.29 is 0 Å². The molecule has 1 saturated heterocycles. The second kappa shape index (κ2) is 10.8. The number of nitrogens with two attached hydrogens (primary N) is 1. The van der Waals surface area contributed by atoms with Crippen molar-refractivity contribution in [1.82, 2.24) is 39.6 Å². The lowest BCUT2D eigenvalue weighted by atomic mass is 9.67. The van der Waals surface area contributed by atoms with Crippen molar-refractivity contribution in [2.75, 3.05) is 23.7 Å². The quantitative estimate of drug-likeness (QED) is 0.249. The average molecular weight is 609 g/mol. The molecule has 6 heterocycles. The molecule has 3 N–H and O–H groups in total. The van der Waals surface area contributed by atoms with Gasteiger partial charge in [-0.15, -0.1) is 0 Å². The van der Waals surface area contributed by atoms with E-state index in [9.17, 15) is 0 Å². The normalized spacial score (nSPS) is 19.0. The zero-order valence-corrected chi connectivity index (χ0v) is 25.6. The molecule has 1 aliphatic heterocycles. The first-order valence-corrected chi connectivity index (χ1v) is 16.3. The van der Waals surface area contributed by atoms with Crippen LogP contribution in [0.3, 0.4) is 0 Å². The number of fused-ring (bicyclic) bond motifs is 2. The van der Waals surface area contributed by atoms with Crippen molar-refractivity contribution in [2.45, 2.75) is 50.6 Å². The number of aryl methyl sites for hydroxylation is 1. The minimum absolute atomic E-state index is 0.382. The fourth-order valence-corrected chi connectivity index (χ4v) is 7.89. The molecule has 1 saturated carbocycles. The van der Waals surface area contributed by atoms with E-state index in [1.165, 1.54) is 36.8 Å². The van der Waals surface area contributed by atoms with Gasteiger partial charge in [-0.1, -0.05) is 12.1 Å². The number of nitrogen functional groups attached to an aromatic ring is 1. The molecule has 5 aromatic heterocycles. The van der Waals surface area contributed by atoms with Crippen LogP contribution in [0.15, 0.2) is 91.5 Å². The molecule has 9 rings (SSSR count). The van der Waals surface area contributed by atoms with E-state index in [4.69, 9.17) is 15.7 Å². The van der Waals surface area contributed by atoms with E-state index < -0.39 is 0 Å². The number of hydrogen-bond donors (Lipinski definition) is 2. The van der Waals surface area contributed by atoms with Gasteiger partial charge in [0.25, 0.3) is 0 Å². The Morgan fingerprint density at radius 3 is 2.52 bits per heavy atom. The summed E-state index contributed by atoms with van der Waals surface area (Å²) >= 11 is 0. The molecule has 0 amide bonds. The van der Waals surface area contributed by atoms with Crippen LogP contribution in [0, 0.1) is 5.41 Å². The van der Waals surface area contributed by atoms with Crippen LogP contribution < -0.4 is 16.0 Å². The van der Waals surface area contributed by atoms with Crippen LogP contribution in [0.25, 0.3) is 34.1 Å². The van der Waals surface area contributed by atoms with Gasteiger partial charge in [-0.25, -0.2) is 24.6 Å². The fourth-order valence-electron chi connectivity index (χ4n) is 7.89. The molecule has 1 unspecified atom stereocenters. The number of benzene rings is 1. The molecule has 10 nitrogen and oxygen atoms in total. The second-order valence-corrected chi connectivity index (χ2v) is 13.1. The van der Waals surface area contributed by atoms with Gasteiger partial charge in [0, 0.05) is 61.1 Å². The fraction of sp³-hybridized carbons (Fsp3) is 0.306. The number of pyridine rings is 3. The third-order valence-corrected chi connectivity index (χ3v) is 10.3. The molecule has 0 radical (unpaired) electrons. The summed E-state index contributed by atoms with van der Waals surface area (Å²) in [4.78, 5) is 21.4. The van der Waals surface area contributed by atoms with E-state index in [1.807, 2.05) is 48.8 Å². The summed E-state index contributed by atoms with van der Waals surface area (Å²) < 4.78 is 3.88. The highest BCUT2D eigenvalue weighted by Gasteiger charge is 2.45. The third-order valence-electron chi connectivity index (χ3n) is 10.3. The Bertz CT molecular complexity index is 2020. The van der Waals surface area contributed by atoms with Crippen molar-refractivity contribution >= 4 is 22.8 Å². The zero-order chi connectivity index (χ0) is 30.7. The van der Waals surface area contributed by atoms with Gasteiger partial charge in [-0.2, -0.15) is 5.10 Å². The van der Waals surface area contributed by atoms with Crippen molar-refractivity contribution in [3.05, 3.63) is 103 Å². The number of hydrogen-bond acceptors (Lipinski definition) is 8. The Labute approximate surface area is 267 Å². The minimum Gasteiger partial charge on any atom is -0.383 e. The topological polar surface area (TPSA) is 116 Å². The average Bonchev–Trinajstić information content (AvgIpc) is 3.84. The van der Waals surface area contributed by atoms with E-state index in [1.54, 1.807) is 17.1 Å². The molecular weight excluding hydrogens is 572 g/mol. The van der Waals surface area contributed by atoms with Crippen LogP contribution in [0.5, 0.6) is 0 Å². The van der Waals surface area contributed by atoms with Crippen LogP contribution in [-0.4, -0.2) is 53.4 Å². The van der Waals surface area contributed by atoms with Gasteiger partial charge in [-0.05, 0) is 104 Å². The van der Waals surface area contributed by atoms with Crippen LogP contribution >= 0.6 is 0 Å². The predicted octanol–water partition coefficient (Wildman–Crippen LogP) is 5.67. The maximum Gasteiger partial charge on any atom is 0.167 e. The van der Waals surface area contributed by atoms with Gasteiger partial charge in [0.1, 0.15) is 17.2 Å². The molecule has 6 aromatic rings. The molecule has 10 heteroatoms. The standard InChI is InChI=1S/C36H36N10/c37-33-28(5-3-18-39-33)34-42-30-11-12-32(45-20-4-19-40-45)43-35(30)46(34)26-8-9-27-24(21-26)7-10-29(27)41-25-13-15-36(16-14-25)22-44(23-36)31-6-1-2-17-38-31/h1-6,8-9,11-12,17-21,25,29,41H,7,10,13-16,22-23H2,(H2,37,39). The van der Waals surface area contributed by atoms with E-state index >= 15 is 0 Å². The molecule has 2 fully saturated rings. The molecule has 46 heavy (non-hydrogen) atoms. The lowest BCUT2D eigenvalue weighted by Gasteiger charge is -2.54. The molecule has 230 valence electrons. The van der Waals surface area contributed by atoms with Crippen molar-refractivity contribution in [3.8, 4) is 22.9 Å². The molecule has 0 bridgehead atoms. The summed E-state index contributed by atoms with van der Waals surface area (Å²) in [6.07, 6.45) is 14.5. The molecule has 1 aromatic carbocycles. The monoisotopic (exact) mass is 608 g/mol. The Morgan fingerprint density at radius 1 is 0.826 bits per heavy atom. The molecular formula is C36H36N10. The smallest absolute Gasteiger partial charge is 0.167 e. The van der Waals surface area contributed by atoms with Gasteiger partial charge in [0.05, 0.1) is 5.56 Å². The van der Waals surface area contributed by atoms with Crippen LogP contribution in [-0.2, 0) is 6.42 Å². The van der Waals surface area contributed by atoms with Crippen molar-refractivity contribution in [2.24, 2.45) is 5.41 Å². The summed E-state index contributed by atoms with van der Waals surface area (Å²) in [7, 11) is 0. The summed E-state index contributed by atoms with van der Waals surface area (Å²) in [5.41, 5.74) is 13.0. The summed E-state index contributed by atoms with van der Waals surface area (Å²) in [5.74, 6) is 3.02. The lowest BCUT2D eigenvalue weighted by Crippen LogP contribution is -2.59. The van der Waals surface area contributed by atoms with Gasteiger partial charge in [0.15, 0.2) is 17.3 Å². The number of nitrogens with one attached hydrogen (secondary N) is 1. The maximum absolute atomic E-state index is 6.38. The Balaban J connectivity index is 0.971. The zero-order valence-electron chi connectivity index (χ0n) is 25.6. The second-order valence-electron chi connectivity index (χ2n) is 13.1. The van der Waals surface area contributed by atoms with Crippen molar-refractivity contribution in [3.63, 3.8) is 0 Å². The van der Waals surface area contributed by atoms with E-state index in [0.717, 1.165) is 65.8 Å². The minimum atomic E-state index is 0.382. The van der Waals surface area contributed by atoms with Gasteiger partial charge < -0.3 is 16.0 Å². The number of aromatic nitrogens is 7. The first-order chi connectivity index (χ1) is 22.6. The maximum atomic E-state index is 6.38. The first-order valence-electron chi connectivity index (χ1n) is 16.3. The highest BCUT2D eigenvalue weighted by atomic mass is 15.3. The van der Waals surface area contributed by atoms with Gasteiger partial charge in [0.2, 0.25) is 0 Å². The number of imidazole rings is 1. The van der Waals surface area contributed by atoms with Crippen molar-refractivity contribution in [1.29, 1.82) is 0 Å². The first kappa shape index (κ1) is 27.2. The molecule has 3 aliphatic rings. The van der Waals surface area contributed by atoms with E-state index in [-0.39, 0.29) is 0 Å². The molecule has 1 atom stereocenters. The SMILES string of the molecule is Nc1ncccc1-c1nc2ccc(-n3cccn3)nc2n1-c1ccc2c(c1)CCC2NC1CCC2(CC1)CN(c1ccccn1)C2.